The molecule has 0 aliphatic heterocycles. The third-order valence-electron chi connectivity index (χ3n) is 3.45. The van der Waals surface area contributed by atoms with E-state index in [1.807, 2.05) is 62.4 Å². The van der Waals surface area contributed by atoms with Crippen LogP contribution in [0.3, 0.4) is 0 Å². The molecular formula is C18H21NO3. The summed E-state index contributed by atoms with van der Waals surface area (Å²) in [6.45, 7) is 3.89. The van der Waals surface area contributed by atoms with Gasteiger partial charge in [0.1, 0.15) is 11.5 Å². The average molecular weight is 299 g/mol. The molecule has 0 spiro atoms. The number of hydrogen-bond donors (Lipinski definition) is 1. The van der Waals surface area contributed by atoms with Crippen molar-refractivity contribution in [1.82, 2.24) is 5.32 Å². The molecule has 4 nitrogen and oxygen atoms in total. The lowest BCUT2D eigenvalue weighted by Crippen LogP contribution is -2.31. The predicted octanol–water partition coefficient (Wildman–Crippen LogP) is 3.26. The molecular weight excluding hydrogens is 278 g/mol. The minimum absolute atomic E-state index is 0.00531. The van der Waals surface area contributed by atoms with Gasteiger partial charge in [-0.3, -0.25) is 4.79 Å². The van der Waals surface area contributed by atoms with Gasteiger partial charge in [0.15, 0.2) is 6.61 Å². The van der Waals surface area contributed by atoms with E-state index in [-0.39, 0.29) is 18.6 Å². The first-order chi connectivity index (χ1) is 10.6. The molecule has 1 atom stereocenters. The van der Waals surface area contributed by atoms with Gasteiger partial charge < -0.3 is 14.8 Å². The Hall–Kier alpha value is -2.49. The van der Waals surface area contributed by atoms with Crippen LogP contribution in [-0.4, -0.2) is 19.6 Å². The Morgan fingerprint density at radius 3 is 2.45 bits per heavy atom. The molecule has 0 aliphatic rings. The highest BCUT2D eigenvalue weighted by Crippen LogP contribution is 2.18. The predicted molar refractivity (Wildman–Crippen MR) is 86.2 cm³/mol. The van der Waals surface area contributed by atoms with Gasteiger partial charge in [0.25, 0.3) is 5.91 Å². The van der Waals surface area contributed by atoms with Crippen molar-refractivity contribution in [3.63, 3.8) is 0 Å². The Balaban J connectivity index is 1.87. The number of nitrogens with one attached hydrogen (secondary N) is 1. The normalized spacial score (nSPS) is 11.6. The smallest absolute Gasteiger partial charge is 0.258 e. The quantitative estimate of drug-likeness (QED) is 0.890. The standard InChI is InChI=1S/C18H21NO3/c1-13-6-4-5-7-17(13)22-12-18(20)19-14(2)15-8-10-16(21-3)11-9-15/h4-11,14H,12H2,1-3H3,(H,19,20). The molecule has 2 aromatic carbocycles. The van der Waals surface area contributed by atoms with E-state index in [2.05, 4.69) is 5.32 Å². The summed E-state index contributed by atoms with van der Waals surface area (Å²) >= 11 is 0. The van der Waals surface area contributed by atoms with Crippen LogP contribution < -0.4 is 14.8 Å². The maximum atomic E-state index is 12.0. The molecule has 1 unspecified atom stereocenters. The number of carbonyl (C=O) groups is 1. The number of rotatable bonds is 6. The number of benzene rings is 2. The summed E-state index contributed by atoms with van der Waals surface area (Å²) in [6.07, 6.45) is 0. The summed E-state index contributed by atoms with van der Waals surface area (Å²) in [5.74, 6) is 1.38. The molecule has 1 N–H and O–H groups in total. The third kappa shape index (κ3) is 4.25. The van der Waals surface area contributed by atoms with E-state index in [1.165, 1.54) is 0 Å². The molecule has 2 aromatic rings. The van der Waals surface area contributed by atoms with Crippen LogP contribution in [0.15, 0.2) is 48.5 Å². The van der Waals surface area contributed by atoms with Gasteiger partial charge in [-0.15, -0.1) is 0 Å². The molecule has 22 heavy (non-hydrogen) atoms. The largest absolute Gasteiger partial charge is 0.497 e. The van der Waals surface area contributed by atoms with E-state index in [9.17, 15) is 4.79 Å². The first-order valence-corrected chi connectivity index (χ1v) is 7.22. The topological polar surface area (TPSA) is 47.6 Å². The molecule has 0 radical (unpaired) electrons. The fraction of sp³-hybridized carbons (Fsp3) is 0.278. The highest BCUT2D eigenvalue weighted by atomic mass is 16.5. The Morgan fingerprint density at radius 2 is 1.82 bits per heavy atom. The number of hydrogen-bond acceptors (Lipinski definition) is 3. The van der Waals surface area contributed by atoms with Crippen molar-refractivity contribution in [3.8, 4) is 11.5 Å². The minimum Gasteiger partial charge on any atom is -0.497 e. The van der Waals surface area contributed by atoms with Gasteiger partial charge in [0, 0.05) is 0 Å². The number of ether oxygens (including phenoxy) is 2. The summed E-state index contributed by atoms with van der Waals surface area (Å²) in [7, 11) is 1.63. The Bertz CT molecular complexity index is 622. The highest BCUT2D eigenvalue weighted by molar-refractivity contribution is 5.78. The molecule has 2 rings (SSSR count). The molecule has 116 valence electrons. The van der Waals surface area contributed by atoms with Crippen molar-refractivity contribution in [3.05, 3.63) is 59.7 Å². The fourth-order valence-electron chi connectivity index (χ4n) is 2.12. The summed E-state index contributed by atoms with van der Waals surface area (Å²) in [4.78, 5) is 12.0. The molecule has 0 aromatic heterocycles. The zero-order chi connectivity index (χ0) is 15.9. The number of para-hydroxylation sites is 1. The van der Waals surface area contributed by atoms with Gasteiger partial charge in [0.2, 0.25) is 0 Å². The van der Waals surface area contributed by atoms with E-state index in [0.29, 0.717) is 0 Å². The lowest BCUT2D eigenvalue weighted by Gasteiger charge is -2.15. The van der Waals surface area contributed by atoms with E-state index in [0.717, 1.165) is 22.6 Å². The second-order valence-corrected chi connectivity index (χ2v) is 5.12. The second-order valence-electron chi connectivity index (χ2n) is 5.12. The van der Waals surface area contributed by atoms with E-state index in [1.54, 1.807) is 7.11 Å². The van der Waals surface area contributed by atoms with Crippen LogP contribution in [0.5, 0.6) is 11.5 Å². The summed E-state index contributed by atoms with van der Waals surface area (Å²) in [5.41, 5.74) is 2.03. The van der Waals surface area contributed by atoms with Gasteiger partial charge in [-0.05, 0) is 43.2 Å². The highest BCUT2D eigenvalue weighted by Gasteiger charge is 2.10. The first kappa shape index (κ1) is 15.9. The SMILES string of the molecule is COc1ccc(C(C)NC(=O)COc2ccccc2C)cc1. The van der Waals surface area contributed by atoms with Crippen LogP contribution in [-0.2, 0) is 4.79 Å². The van der Waals surface area contributed by atoms with Crippen molar-refractivity contribution in [2.45, 2.75) is 19.9 Å². The molecule has 1 amide bonds. The Morgan fingerprint density at radius 1 is 1.14 bits per heavy atom. The number of amides is 1. The van der Waals surface area contributed by atoms with Crippen LogP contribution in [0.4, 0.5) is 0 Å². The molecule has 0 aliphatic carbocycles. The monoisotopic (exact) mass is 299 g/mol. The number of methoxy groups -OCH3 is 1. The first-order valence-electron chi connectivity index (χ1n) is 7.22. The van der Waals surface area contributed by atoms with E-state index < -0.39 is 0 Å². The Labute approximate surface area is 131 Å². The molecule has 0 saturated carbocycles. The van der Waals surface area contributed by atoms with E-state index >= 15 is 0 Å². The maximum Gasteiger partial charge on any atom is 0.258 e. The molecule has 0 fully saturated rings. The van der Waals surface area contributed by atoms with Crippen LogP contribution in [0.2, 0.25) is 0 Å². The van der Waals surface area contributed by atoms with E-state index in [4.69, 9.17) is 9.47 Å². The molecule has 0 saturated heterocycles. The zero-order valence-electron chi connectivity index (χ0n) is 13.1. The fourth-order valence-corrected chi connectivity index (χ4v) is 2.12. The van der Waals surface area contributed by atoms with Crippen molar-refractivity contribution in [2.24, 2.45) is 0 Å². The van der Waals surface area contributed by atoms with Crippen LogP contribution in [0.25, 0.3) is 0 Å². The van der Waals surface area contributed by atoms with Crippen LogP contribution in [0.1, 0.15) is 24.1 Å². The van der Waals surface area contributed by atoms with Gasteiger partial charge >= 0.3 is 0 Å². The average Bonchev–Trinajstić information content (AvgIpc) is 2.54. The number of carbonyl (C=O) groups excluding carboxylic acids is 1. The molecule has 0 heterocycles. The summed E-state index contributed by atoms with van der Waals surface area (Å²) in [6, 6.07) is 15.2. The van der Waals surface area contributed by atoms with Crippen molar-refractivity contribution >= 4 is 5.91 Å². The van der Waals surface area contributed by atoms with Crippen molar-refractivity contribution in [2.75, 3.05) is 13.7 Å². The maximum absolute atomic E-state index is 12.0. The zero-order valence-corrected chi connectivity index (χ0v) is 13.1. The van der Waals surface area contributed by atoms with Crippen molar-refractivity contribution in [1.29, 1.82) is 0 Å². The summed E-state index contributed by atoms with van der Waals surface area (Å²) < 4.78 is 10.7. The Kier molecular flexibility index (Phi) is 5.42. The minimum atomic E-state index is -0.147. The summed E-state index contributed by atoms with van der Waals surface area (Å²) in [5, 5.41) is 2.92. The van der Waals surface area contributed by atoms with Gasteiger partial charge in [-0.25, -0.2) is 0 Å². The molecule has 4 heteroatoms. The second kappa shape index (κ2) is 7.50. The lowest BCUT2D eigenvalue weighted by atomic mass is 10.1. The van der Waals surface area contributed by atoms with Gasteiger partial charge in [-0.1, -0.05) is 30.3 Å². The van der Waals surface area contributed by atoms with Crippen LogP contribution in [0, 0.1) is 6.92 Å². The lowest BCUT2D eigenvalue weighted by molar-refractivity contribution is -0.123. The third-order valence-corrected chi connectivity index (χ3v) is 3.45. The molecule has 0 bridgehead atoms. The number of aryl methyl sites for hydroxylation is 1. The van der Waals surface area contributed by atoms with Gasteiger partial charge in [-0.2, -0.15) is 0 Å². The van der Waals surface area contributed by atoms with Gasteiger partial charge in [0.05, 0.1) is 13.2 Å². The van der Waals surface area contributed by atoms with Crippen LogP contribution >= 0.6 is 0 Å². The van der Waals surface area contributed by atoms with Crippen molar-refractivity contribution < 1.29 is 14.3 Å².